The lowest BCUT2D eigenvalue weighted by Gasteiger charge is -2.30. The molecule has 162 valence electrons. The summed E-state index contributed by atoms with van der Waals surface area (Å²) in [6, 6.07) is 12.1. The second kappa shape index (κ2) is 11.8. The number of rotatable bonds is 10. The van der Waals surface area contributed by atoms with Crippen LogP contribution < -0.4 is 10.1 Å². The van der Waals surface area contributed by atoms with Gasteiger partial charge in [0.2, 0.25) is 5.91 Å². The van der Waals surface area contributed by atoms with Crippen LogP contribution in [0.4, 0.5) is 0 Å². The van der Waals surface area contributed by atoms with E-state index in [1.54, 1.807) is 29.2 Å². The quantitative estimate of drug-likeness (QED) is 0.552. The fraction of sp³-hybridized carbons (Fsp3) is 0.391. The van der Waals surface area contributed by atoms with Crippen molar-refractivity contribution in [1.82, 2.24) is 10.2 Å². The fourth-order valence-corrected chi connectivity index (χ4v) is 3.37. The van der Waals surface area contributed by atoms with Crippen molar-refractivity contribution in [2.45, 2.75) is 46.2 Å². The molecule has 2 aromatic rings. The van der Waals surface area contributed by atoms with Crippen LogP contribution in [0.2, 0.25) is 10.0 Å². The standard InChI is InChI=1S/C23H28Cl2N2O3/c1-4-11-26-23(29)21(5-2)27(14-17-9-10-19(24)20(25)13-17)22(28)15-30-18-8-6-7-16(3)12-18/h6-10,12-13,21H,4-5,11,14-15H2,1-3H3,(H,26,29)/t21-/m0/s1. The van der Waals surface area contributed by atoms with E-state index in [0.717, 1.165) is 17.5 Å². The Morgan fingerprint density at radius 2 is 1.87 bits per heavy atom. The number of amides is 2. The molecule has 0 bridgehead atoms. The number of ether oxygens (including phenoxy) is 1. The summed E-state index contributed by atoms with van der Waals surface area (Å²) in [5.74, 6) is 0.158. The number of nitrogens with zero attached hydrogens (tertiary/aromatic N) is 1. The molecular formula is C23H28Cl2N2O3. The molecule has 0 aliphatic heterocycles. The Kier molecular flexibility index (Phi) is 9.47. The predicted molar refractivity (Wildman–Crippen MR) is 121 cm³/mol. The van der Waals surface area contributed by atoms with Gasteiger partial charge in [-0.3, -0.25) is 9.59 Å². The number of aryl methyl sites for hydroxylation is 1. The molecule has 0 saturated carbocycles. The van der Waals surface area contributed by atoms with Crippen molar-refractivity contribution >= 4 is 35.0 Å². The van der Waals surface area contributed by atoms with E-state index in [2.05, 4.69) is 5.32 Å². The van der Waals surface area contributed by atoms with Crippen LogP contribution in [0.3, 0.4) is 0 Å². The number of hydrogen-bond acceptors (Lipinski definition) is 3. The average Bonchev–Trinajstić information content (AvgIpc) is 2.73. The summed E-state index contributed by atoms with van der Waals surface area (Å²) in [5, 5.41) is 3.73. The van der Waals surface area contributed by atoms with Gasteiger partial charge < -0.3 is 15.0 Å². The molecule has 2 aromatic carbocycles. The van der Waals surface area contributed by atoms with Gasteiger partial charge in [-0.15, -0.1) is 0 Å². The van der Waals surface area contributed by atoms with Crippen molar-refractivity contribution in [2.24, 2.45) is 0 Å². The van der Waals surface area contributed by atoms with Crippen molar-refractivity contribution in [2.75, 3.05) is 13.2 Å². The van der Waals surface area contributed by atoms with E-state index >= 15 is 0 Å². The molecule has 2 amide bonds. The third kappa shape index (κ3) is 6.92. The molecule has 0 unspecified atom stereocenters. The van der Waals surface area contributed by atoms with Gasteiger partial charge in [-0.2, -0.15) is 0 Å². The zero-order valence-corrected chi connectivity index (χ0v) is 19.1. The highest BCUT2D eigenvalue weighted by molar-refractivity contribution is 6.42. The zero-order valence-electron chi connectivity index (χ0n) is 17.6. The Balaban J connectivity index is 2.22. The fourth-order valence-electron chi connectivity index (χ4n) is 3.05. The van der Waals surface area contributed by atoms with Crippen molar-refractivity contribution in [1.29, 1.82) is 0 Å². The van der Waals surface area contributed by atoms with E-state index in [0.29, 0.717) is 28.8 Å². The van der Waals surface area contributed by atoms with Crippen LogP contribution in [0.1, 0.15) is 37.8 Å². The topological polar surface area (TPSA) is 58.6 Å². The number of halogens is 2. The van der Waals surface area contributed by atoms with E-state index < -0.39 is 6.04 Å². The molecule has 0 aliphatic carbocycles. The first-order chi connectivity index (χ1) is 14.3. The maximum absolute atomic E-state index is 13.1. The number of carbonyl (C=O) groups is 2. The van der Waals surface area contributed by atoms with Gasteiger partial charge in [-0.1, -0.05) is 55.2 Å². The molecule has 0 heterocycles. The molecule has 0 aromatic heterocycles. The third-order valence-electron chi connectivity index (χ3n) is 4.62. The van der Waals surface area contributed by atoms with Gasteiger partial charge >= 0.3 is 0 Å². The minimum atomic E-state index is -0.611. The summed E-state index contributed by atoms with van der Waals surface area (Å²) >= 11 is 12.1. The maximum Gasteiger partial charge on any atom is 0.261 e. The van der Waals surface area contributed by atoms with E-state index in [4.69, 9.17) is 27.9 Å². The number of carbonyl (C=O) groups excluding carboxylic acids is 2. The largest absolute Gasteiger partial charge is 0.484 e. The smallest absolute Gasteiger partial charge is 0.261 e. The highest BCUT2D eigenvalue weighted by Crippen LogP contribution is 2.24. The van der Waals surface area contributed by atoms with E-state index in [1.807, 2.05) is 39.0 Å². The molecule has 30 heavy (non-hydrogen) atoms. The molecule has 7 heteroatoms. The van der Waals surface area contributed by atoms with Crippen molar-refractivity contribution in [3.05, 3.63) is 63.6 Å². The molecule has 0 radical (unpaired) electrons. The van der Waals surface area contributed by atoms with Crippen molar-refractivity contribution < 1.29 is 14.3 Å². The molecule has 1 N–H and O–H groups in total. The summed E-state index contributed by atoms with van der Waals surface area (Å²) in [6.45, 7) is 6.44. The molecule has 0 spiro atoms. The van der Waals surface area contributed by atoms with Gasteiger partial charge in [0, 0.05) is 13.1 Å². The van der Waals surface area contributed by atoms with Crippen LogP contribution in [-0.2, 0) is 16.1 Å². The van der Waals surface area contributed by atoms with Gasteiger partial charge in [0.1, 0.15) is 11.8 Å². The first kappa shape index (κ1) is 24.0. The lowest BCUT2D eigenvalue weighted by atomic mass is 10.1. The molecule has 0 aliphatic rings. The van der Waals surface area contributed by atoms with Crippen LogP contribution in [-0.4, -0.2) is 35.9 Å². The van der Waals surface area contributed by atoms with Crippen molar-refractivity contribution in [3.63, 3.8) is 0 Å². The lowest BCUT2D eigenvalue weighted by Crippen LogP contribution is -2.50. The summed E-state index contributed by atoms with van der Waals surface area (Å²) in [7, 11) is 0. The van der Waals surface area contributed by atoms with Crippen LogP contribution in [0.5, 0.6) is 5.75 Å². The molecule has 1 atom stereocenters. The van der Waals surface area contributed by atoms with Gasteiger partial charge in [-0.25, -0.2) is 0 Å². The van der Waals surface area contributed by atoms with Crippen LogP contribution in [0, 0.1) is 6.92 Å². The Morgan fingerprint density at radius 3 is 2.50 bits per heavy atom. The van der Waals surface area contributed by atoms with Gasteiger partial charge in [0.25, 0.3) is 5.91 Å². The first-order valence-electron chi connectivity index (χ1n) is 10.1. The monoisotopic (exact) mass is 450 g/mol. The molecular weight excluding hydrogens is 423 g/mol. The lowest BCUT2D eigenvalue weighted by molar-refractivity contribution is -0.143. The molecule has 0 fully saturated rings. The Labute approximate surface area is 188 Å². The zero-order chi connectivity index (χ0) is 22.1. The number of hydrogen-bond donors (Lipinski definition) is 1. The Bertz CT molecular complexity index is 873. The summed E-state index contributed by atoms with van der Waals surface area (Å²) in [6.07, 6.45) is 1.30. The number of nitrogens with one attached hydrogen (secondary N) is 1. The summed E-state index contributed by atoms with van der Waals surface area (Å²) < 4.78 is 5.70. The number of benzene rings is 2. The van der Waals surface area contributed by atoms with Gasteiger partial charge in [-0.05, 0) is 55.2 Å². The molecule has 0 saturated heterocycles. The minimum Gasteiger partial charge on any atom is -0.484 e. The molecule has 2 rings (SSSR count). The van der Waals surface area contributed by atoms with Crippen molar-refractivity contribution in [3.8, 4) is 5.75 Å². The van der Waals surface area contributed by atoms with E-state index in [1.165, 1.54) is 0 Å². The van der Waals surface area contributed by atoms with Crippen LogP contribution in [0.25, 0.3) is 0 Å². The Morgan fingerprint density at radius 1 is 1.10 bits per heavy atom. The second-order valence-corrected chi connectivity index (χ2v) is 7.90. The third-order valence-corrected chi connectivity index (χ3v) is 5.36. The maximum atomic E-state index is 13.1. The summed E-state index contributed by atoms with van der Waals surface area (Å²) in [5.41, 5.74) is 1.83. The normalized spacial score (nSPS) is 11.6. The van der Waals surface area contributed by atoms with Crippen LogP contribution >= 0.6 is 23.2 Å². The van der Waals surface area contributed by atoms with E-state index in [-0.39, 0.29) is 25.0 Å². The average molecular weight is 451 g/mol. The SMILES string of the molecule is CCCNC(=O)[C@H](CC)N(Cc1ccc(Cl)c(Cl)c1)C(=O)COc1cccc(C)c1. The van der Waals surface area contributed by atoms with Crippen LogP contribution in [0.15, 0.2) is 42.5 Å². The minimum absolute atomic E-state index is 0.164. The van der Waals surface area contributed by atoms with Gasteiger partial charge in [0.05, 0.1) is 10.0 Å². The first-order valence-corrected chi connectivity index (χ1v) is 10.8. The second-order valence-electron chi connectivity index (χ2n) is 7.09. The predicted octanol–water partition coefficient (Wildman–Crippen LogP) is 5.01. The van der Waals surface area contributed by atoms with E-state index in [9.17, 15) is 9.59 Å². The highest BCUT2D eigenvalue weighted by Gasteiger charge is 2.28. The molecule has 5 nitrogen and oxygen atoms in total. The summed E-state index contributed by atoms with van der Waals surface area (Å²) in [4.78, 5) is 27.4. The van der Waals surface area contributed by atoms with Gasteiger partial charge in [0.15, 0.2) is 6.61 Å². The Hall–Kier alpha value is -2.24. The highest BCUT2D eigenvalue weighted by atomic mass is 35.5.